The monoisotopic (exact) mass is 380 g/mol. The molecule has 138 valence electrons. The zero-order valence-electron chi connectivity index (χ0n) is 15.3. The fourth-order valence-electron chi connectivity index (χ4n) is 3.10. The highest BCUT2D eigenvalue weighted by molar-refractivity contribution is 8.00. The lowest BCUT2D eigenvalue weighted by atomic mass is 9.97. The average Bonchev–Trinajstić information content (AvgIpc) is 3.07. The number of carbonyl (C=O) groups is 1. The van der Waals surface area contributed by atoms with E-state index in [0.29, 0.717) is 10.7 Å². The first-order valence-corrected chi connectivity index (χ1v) is 9.55. The number of aromatic nitrogens is 3. The third-order valence-electron chi connectivity index (χ3n) is 4.67. The quantitative estimate of drug-likeness (QED) is 0.698. The summed E-state index contributed by atoms with van der Waals surface area (Å²) in [6, 6.07) is 15.3. The number of thioether (sulfide) groups is 1. The SMILES string of the molecule is COc1ccc([C@H]2Nn3c(C)nnc3S[C@@H]2C(=O)c2ccc(C)cc2)cc1. The Bertz CT molecular complexity index is 967. The van der Waals surface area contributed by atoms with Crippen LogP contribution in [-0.2, 0) is 0 Å². The first-order valence-electron chi connectivity index (χ1n) is 8.67. The highest BCUT2D eigenvalue weighted by atomic mass is 32.2. The van der Waals surface area contributed by atoms with Gasteiger partial charge in [0, 0.05) is 5.56 Å². The van der Waals surface area contributed by atoms with E-state index in [0.717, 1.165) is 22.7 Å². The summed E-state index contributed by atoms with van der Waals surface area (Å²) in [6.45, 7) is 3.90. The van der Waals surface area contributed by atoms with Gasteiger partial charge in [-0.25, -0.2) is 4.68 Å². The van der Waals surface area contributed by atoms with Crippen LogP contribution in [0.2, 0.25) is 0 Å². The molecule has 7 heteroatoms. The molecule has 0 aliphatic carbocycles. The topological polar surface area (TPSA) is 69.0 Å². The number of methoxy groups -OCH3 is 1. The molecule has 0 saturated carbocycles. The number of benzene rings is 2. The number of carbonyl (C=O) groups excluding carboxylic acids is 1. The van der Waals surface area contributed by atoms with E-state index in [4.69, 9.17) is 4.74 Å². The summed E-state index contributed by atoms with van der Waals surface area (Å²) < 4.78 is 7.10. The minimum atomic E-state index is -0.350. The maximum absolute atomic E-state index is 13.3. The number of nitrogens with zero attached hydrogens (tertiary/aromatic N) is 3. The maximum Gasteiger partial charge on any atom is 0.210 e. The van der Waals surface area contributed by atoms with Gasteiger partial charge in [0.05, 0.1) is 13.2 Å². The van der Waals surface area contributed by atoms with Gasteiger partial charge in [-0.1, -0.05) is 53.7 Å². The van der Waals surface area contributed by atoms with Crippen molar-refractivity contribution in [1.29, 1.82) is 0 Å². The minimum absolute atomic E-state index is 0.0696. The van der Waals surface area contributed by atoms with Crippen LogP contribution in [0, 0.1) is 13.8 Å². The molecular weight excluding hydrogens is 360 g/mol. The Hall–Kier alpha value is -2.80. The van der Waals surface area contributed by atoms with Crippen LogP contribution < -0.4 is 10.2 Å². The van der Waals surface area contributed by atoms with Crippen LogP contribution >= 0.6 is 11.8 Å². The molecule has 4 rings (SSSR count). The molecule has 0 unspecified atom stereocenters. The van der Waals surface area contributed by atoms with E-state index < -0.39 is 0 Å². The van der Waals surface area contributed by atoms with Crippen molar-refractivity contribution in [2.75, 3.05) is 12.5 Å². The molecule has 2 atom stereocenters. The molecule has 1 aromatic heterocycles. The van der Waals surface area contributed by atoms with Crippen molar-refractivity contribution in [3.05, 3.63) is 71.0 Å². The molecule has 0 saturated heterocycles. The molecule has 1 N–H and O–H groups in total. The van der Waals surface area contributed by atoms with E-state index in [1.54, 1.807) is 7.11 Å². The second kappa shape index (κ2) is 7.08. The van der Waals surface area contributed by atoms with E-state index in [1.807, 2.05) is 67.1 Å². The van der Waals surface area contributed by atoms with E-state index in [1.165, 1.54) is 11.8 Å². The van der Waals surface area contributed by atoms with Crippen molar-refractivity contribution in [3.8, 4) is 5.75 Å². The van der Waals surface area contributed by atoms with Crippen LogP contribution in [0.25, 0.3) is 0 Å². The molecule has 3 aromatic rings. The van der Waals surface area contributed by atoms with Crippen LogP contribution in [0.5, 0.6) is 5.75 Å². The van der Waals surface area contributed by atoms with Crippen molar-refractivity contribution in [3.63, 3.8) is 0 Å². The Balaban J connectivity index is 1.73. The number of fused-ring (bicyclic) bond motifs is 1. The number of ether oxygens (including phenoxy) is 1. The van der Waals surface area contributed by atoms with E-state index >= 15 is 0 Å². The predicted molar refractivity (Wildman–Crippen MR) is 105 cm³/mol. The van der Waals surface area contributed by atoms with Gasteiger partial charge in [-0.05, 0) is 31.5 Å². The minimum Gasteiger partial charge on any atom is -0.497 e. The van der Waals surface area contributed by atoms with Crippen LogP contribution in [0.4, 0.5) is 0 Å². The standard InChI is InChI=1S/C20H20N4O2S/c1-12-4-6-15(7-5-12)18(25)19-17(14-8-10-16(26-3)11-9-14)23-24-13(2)21-22-20(24)27-19/h4-11,17,19,23H,1-3H3/t17-,19+/m1/s1. The number of rotatable bonds is 4. The van der Waals surface area contributed by atoms with Crippen LogP contribution in [0.1, 0.15) is 33.4 Å². The highest BCUT2D eigenvalue weighted by Crippen LogP contribution is 2.38. The molecule has 0 radical (unpaired) electrons. The molecule has 0 fully saturated rings. The van der Waals surface area contributed by atoms with Crippen molar-refractivity contribution in [2.24, 2.45) is 0 Å². The molecule has 0 amide bonds. The second-order valence-corrected chi connectivity index (χ2v) is 7.62. The van der Waals surface area contributed by atoms with Gasteiger partial charge < -0.3 is 10.2 Å². The van der Waals surface area contributed by atoms with Gasteiger partial charge in [-0.2, -0.15) is 0 Å². The van der Waals surface area contributed by atoms with Gasteiger partial charge in [0.2, 0.25) is 5.16 Å². The summed E-state index contributed by atoms with van der Waals surface area (Å²) >= 11 is 1.44. The summed E-state index contributed by atoms with van der Waals surface area (Å²) in [6.07, 6.45) is 0. The molecule has 27 heavy (non-hydrogen) atoms. The number of aryl methyl sites for hydroxylation is 2. The number of Topliss-reactive ketones (excluding diaryl/α,β-unsaturated/α-hetero) is 1. The van der Waals surface area contributed by atoms with E-state index in [2.05, 4.69) is 15.6 Å². The summed E-state index contributed by atoms with van der Waals surface area (Å²) in [4.78, 5) is 13.3. The fourth-order valence-corrected chi connectivity index (χ4v) is 4.31. The van der Waals surface area contributed by atoms with Gasteiger partial charge in [-0.15, -0.1) is 10.2 Å². The Labute approximate surface area is 161 Å². The van der Waals surface area contributed by atoms with Crippen molar-refractivity contribution < 1.29 is 9.53 Å². The number of nitrogens with one attached hydrogen (secondary N) is 1. The van der Waals surface area contributed by atoms with Crippen molar-refractivity contribution in [2.45, 2.75) is 30.3 Å². The molecule has 1 aliphatic heterocycles. The van der Waals surface area contributed by atoms with Crippen molar-refractivity contribution >= 4 is 17.5 Å². The van der Waals surface area contributed by atoms with Crippen LogP contribution in [0.3, 0.4) is 0 Å². The molecule has 2 heterocycles. The summed E-state index contributed by atoms with van der Waals surface area (Å²) in [7, 11) is 1.64. The molecular formula is C20H20N4O2S. The molecule has 2 aromatic carbocycles. The number of ketones is 1. The molecule has 1 aliphatic rings. The number of hydrogen-bond acceptors (Lipinski definition) is 6. The van der Waals surface area contributed by atoms with E-state index in [9.17, 15) is 4.79 Å². The smallest absolute Gasteiger partial charge is 0.210 e. The summed E-state index contributed by atoms with van der Waals surface area (Å²) in [5.41, 5.74) is 6.25. The first kappa shape index (κ1) is 17.6. The molecule has 0 bridgehead atoms. The zero-order chi connectivity index (χ0) is 19.0. The Kier molecular flexibility index (Phi) is 4.61. The van der Waals surface area contributed by atoms with Gasteiger partial charge in [0.1, 0.15) is 16.8 Å². The average molecular weight is 380 g/mol. The Morgan fingerprint density at radius 3 is 2.44 bits per heavy atom. The van der Waals surface area contributed by atoms with Gasteiger partial charge in [0.25, 0.3) is 0 Å². The molecule has 6 nitrogen and oxygen atoms in total. The lowest BCUT2D eigenvalue weighted by Crippen LogP contribution is -2.39. The summed E-state index contributed by atoms with van der Waals surface area (Å²) in [5, 5.41) is 8.67. The third kappa shape index (κ3) is 3.30. The zero-order valence-corrected chi connectivity index (χ0v) is 16.2. The van der Waals surface area contributed by atoms with Gasteiger partial charge in [-0.3, -0.25) is 4.79 Å². The Morgan fingerprint density at radius 1 is 1.07 bits per heavy atom. The predicted octanol–water partition coefficient (Wildman–Crippen LogP) is 3.55. The van der Waals surface area contributed by atoms with Crippen LogP contribution in [-0.4, -0.2) is 33.0 Å². The van der Waals surface area contributed by atoms with E-state index in [-0.39, 0.29) is 17.1 Å². The summed E-state index contributed by atoms with van der Waals surface area (Å²) in [5.74, 6) is 1.61. The largest absolute Gasteiger partial charge is 0.497 e. The lowest BCUT2D eigenvalue weighted by Gasteiger charge is -2.32. The second-order valence-electron chi connectivity index (χ2n) is 6.51. The normalized spacial score (nSPS) is 18.5. The lowest BCUT2D eigenvalue weighted by molar-refractivity contribution is 0.0980. The Morgan fingerprint density at radius 2 is 1.78 bits per heavy atom. The van der Waals surface area contributed by atoms with Crippen LogP contribution in [0.15, 0.2) is 53.7 Å². The van der Waals surface area contributed by atoms with Gasteiger partial charge >= 0.3 is 0 Å². The fraction of sp³-hybridized carbons (Fsp3) is 0.250. The van der Waals surface area contributed by atoms with Gasteiger partial charge in [0.15, 0.2) is 5.78 Å². The van der Waals surface area contributed by atoms with Crippen molar-refractivity contribution in [1.82, 2.24) is 14.9 Å². The third-order valence-corrected chi connectivity index (χ3v) is 5.88. The highest BCUT2D eigenvalue weighted by Gasteiger charge is 2.37. The molecule has 0 spiro atoms. The maximum atomic E-state index is 13.3. The number of hydrogen-bond donors (Lipinski definition) is 1. The first-order chi connectivity index (χ1) is 13.1.